The number of benzene rings is 1. The second-order valence-electron chi connectivity index (χ2n) is 5.65. The molecule has 0 saturated carbocycles. The summed E-state index contributed by atoms with van der Waals surface area (Å²) in [6.07, 6.45) is 8.64. The van der Waals surface area contributed by atoms with Gasteiger partial charge in [0.05, 0.1) is 12.1 Å². The molecule has 0 atom stereocenters. The van der Waals surface area contributed by atoms with Crippen LogP contribution in [-0.4, -0.2) is 36.5 Å². The van der Waals surface area contributed by atoms with E-state index in [2.05, 4.69) is 33.3 Å². The summed E-state index contributed by atoms with van der Waals surface area (Å²) in [6, 6.07) is 10.2. The van der Waals surface area contributed by atoms with Gasteiger partial charge in [0.1, 0.15) is 5.65 Å². The minimum atomic E-state index is -0.207. The minimum absolute atomic E-state index is 0.199. The monoisotopic (exact) mass is 318 g/mol. The molecule has 1 amide bonds. The first-order valence-corrected chi connectivity index (χ1v) is 7.56. The Morgan fingerprint density at radius 1 is 1.29 bits per heavy atom. The van der Waals surface area contributed by atoms with Gasteiger partial charge >= 0.3 is 0 Å². The van der Waals surface area contributed by atoms with E-state index in [4.69, 9.17) is 6.42 Å². The molecule has 5 nitrogen and oxygen atoms in total. The molecular weight excluding hydrogens is 300 g/mol. The quantitative estimate of drug-likeness (QED) is 0.727. The average Bonchev–Trinajstić information content (AvgIpc) is 3.03. The van der Waals surface area contributed by atoms with Gasteiger partial charge in [0.2, 0.25) is 0 Å². The SMILES string of the molecule is C#CCNC(=O)c1c[nH]c2ncc(-c3ccc(N(C)C)cc3)cc12. The lowest BCUT2D eigenvalue weighted by molar-refractivity contribution is 0.0960. The van der Waals surface area contributed by atoms with Gasteiger partial charge in [-0.3, -0.25) is 4.79 Å². The standard InChI is InChI=1S/C19H18N4O/c1-4-9-20-19(24)17-12-22-18-16(17)10-14(11-21-18)13-5-7-15(8-6-13)23(2)3/h1,5-8,10-12H,9H2,2-3H3,(H,20,24)(H,21,22). The highest BCUT2D eigenvalue weighted by molar-refractivity contribution is 6.06. The summed E-state index contributed by atoms with van der Waals surface area (Å²) >= 11 is 0. The van der Waals surface area contributed by atoms with Crippen molar-refractivity contribution in [2.45, 2.75) is 0 Å². The molecule has 2 heterocycles. The Labute approximate surface area is 140 Å². The van der Waals surface area contributed by atoms with E-state index in [1.807, 2.05) is 37.2 Å². The second-order valence-corrected chi connectivity index (χ2v) is 5.65. The van der Waals surface area contributed by atoms with Crippen LogP contribution in [0.5, 0.6) is 0 Å². The predicted octanol–water partition coefficient (Wildman–Crippen LogP) is 2.66. The second kappa shape index (κ2) is 6.47. The molecule has 24 heavy (non-hydrogen) atoms. The van der Waals surface area contributed by atoms with Crippen molar-refractivity contribution in [3.8, 4) is 23.5 Å². The third-order valence-corrected chi connectivity index (χ3v) is 3.84. The molecule has 0 bridgehead atoms. The van der Waals surface area contributed by atoms with Gasteiger partial charge < -0.3 is 15.2 Å². The Bertz CT molecular complexity index is 917. The number of terminal acetylenes is 1. The van der Waals surface area contributed by atoms with E-state index in [1.165, 1.54) is 0 Å². The van der Waals surface area contributed by atoms with Crippen LogP contribution in [0.4, 0.5) is 5.69 Å². The highest BCUT2D eigenvalue weighted by Crippen LogP contribution is 2.26. The van der Waals surface area contributed by atoms with E-state index in [9.17, 15) is 4.79 Å². The Morgan fingerprint density at radius 3 is 2.71 bits per heavy atom. The molecule has 3 aromatic rings. The number of pyridine rings is 1. The summed E-state index contributed by atoms with van der Waals surface area (Å²) in [6.45, 7) is 0.199. The number of carbonyl (C=O) groups is 1. The number of H-pyrrole nitrogens is 1. The summed E-state index contributed by atoms with van der Waals surface area (Å²) in [5.74, 6) is 2.19. The minimum Gasteiger partial charge on any atom is -0.378 e. The molecule has 0 unspecified atom stereocenters. The van der Waals surface area contributed by atoms with E-state index in [1.54, 1.807) is 12.4 Å². The number of aromatic nitrogens is 2. The van der Waals surface area contributed by atoms with Crippen LogP contribution in [-0.2, 0) is 0 Å². The smallest absolute Gasteiger partial charge is 0.254 e. The topological polar surface area (TPSA) is 61.0 Å². The zero-order chi connectivity index (χ0) is 17.1. The van der Waals surface area contributed by atoms with E-state index >= 15 is 0 Å². The Morgan fingerprint density at radius 2 is 2.04 bits per heavy atom. The van der Waals surface area contributed by atoms with Crippen LogP contribution >= 0.6 is 0 Å². The van der Waals surface area contributed by atoms with Crippen LogP contribution in [0.25, 0.3) is 22.2 Å². The summed E-state index contributed by atoms with van der Waals surface area (Å²) < 4.78 is 0. The predicted molar refractivity (Wildman–Crippen MR) is 97.0 cm³/mol. The zero-order valence-electron chi connectivity index (χ0n) is 13.6. The van der Waals surface area contributed by atoms with Crippen molar-refractivity contribution in [2.24, 2.45) is 0 Å². The van der Waals surface area contributed by atoms with Crippen LogP contribution in [0, 0.1) is 12.3 Å². The lowest BCUT2D eigenvalue weighted by atomic mass is 10.0. The van der Waals surface area contributed by atoms with E-state index in [0.29, 0.717) is 11.2 Å². The first-order valence-electron chi connectivity index (χ1n) is 7.56. The van der Waals surface area contributed by atoms with Gasteiger partial charge in [0.25, 0.3) is 5.91 Å². The maximum absolute atomic E-state index is 12.2. The molecule has 0 fully saturated rings. The van der Waals surface area contributed by atoms with E-state index < -0.39 is 0 Å². The van der Waals surface area contributed by atoms with Crippen molar-refractivity contribution in [1.29, 1.82) is 0 Å². The number of rotatable bonds is 4. The fourth-order valence-corrected chi connectivity index (χ4v) is 2.53. The van der Waals surface area contributed by atoms with Crippen LogP contribution in [0.1, 0.15) is 10.4 Å². The summed E-state index contributed by atoms with van der Waals surface area (Å²) in [5.41, 5.74) is 4.35. The Balaban J connectivity index is 1.98. The molecule has 0 saturated heterocycles. The zero-order valence-corrected chi connectivity index (χ0v) is 13.6. The first kappa shape index (κ1) is 15.6. The summed E-state index contributed by atoms with van der Waals surface area (Å²) in [5, 5.41) is 3.45. The molecule has 2 aromatic heterocycles. The summed E-state index contributed by atoms with van der Waals surface area (Å²) in [4.78, 5) is 21.7. The lowest BCUT2D eigenvalue weighted by Crippen LogP contribution is -2.23. The third-order valence-electron chi connectivity index (χ3n) is 3.84. The van der Waals surface area contributed by atoms with E-state index in [0.717, 1.165) is 22.2 Å². The van der Waals surface area contributed by atoms with Crippen molar-refractivity contribution in [1.82, 2.24) is 15.3 Å². The Hall–Kier alpha value is -3.26. The molecule has 0 radical (unpaired) electrons. The largest absolute Gasteiger partial charge is 0.378 e. The van der Waals surface area contributed by atoms with Gasteiger partial charge in [-0.15, -0.1) is 6.42 Å². The molecule has 0 spiro atoms. The molecule has 0 aliphatic carbocycles. The number of carbonyl (C=O) groups excluding carboxylic acids is 1. The fourth-order valence-electron chi connectivity index (χ4n) is 2.53. The van der Waals surface area contributed by atoms with Crippen LogP contribution in [0.15, 0.2) is 42.7 Å². The van der Waals surface area contributed by atoms with Crippen molar-refractivity contribution in [3.05, 3.63) is 48.3 Å². The number of aromatic amines is 1. The molecule has 3 rings (SSSR count). The van der Waals surface area contributed by atoms with Gasteiger partial charge in [-0.25, -0.2) is 4.98 Å². The van der Waals surface area contributed by atoms with Crippen LogP contribution in [0.3, 0.4) is 0 Å². The molecule has 2 N–H and O–H groups in total. The van der Waals surface area contributed by atoms with Crippen molar-refractivity contribution >= 4 is 22.6 Å². The number of fused-ring (bicyclic) bond motifs is 1. The van der Waals surface area contributed by atoms with E-state index in [-0.39, 0.29) is 12.5 Å². The highest BCUT2D eigenvalue weighted by Gasteiger charge is 2.13. The molecule has 1 aromatic carbocycles. The summed E-state index contributed by atoms with van der Waals surface area (Å²) in [7, 11) is 4.01. The van der Waals surface area contributed by atoms with Crippen molar-refractivity contribution in [3.63, 3.8) is 0 Å². The molecule has 120 valence electrons. The van der Waals surface area contributed by atoms with Crippen LogP contribution in [0.2, 0.25) is 0 Å². The molecule has 0 aliphatic rings. The number of nitrogens with one attached hydrogen (secondary N) is 2. The van der Waals surface area contributed by atoms with Gasteiger partial charge in [0, 0.05) is 43.1 Å². The normalized spacial score (nSPS) is 10.4. The number of amides is 1. The average molecular weight is 318 g/mol. The fraction of sp³-hybridized carbons (Fsp3) is 0.158. The number of anilines is 1. The van der Waals surface area contributed by atoms with Gasteiger partial charge in [-0.2, -0.15) is 0 Å². The lowest BCUT2D eigenvalue weighted by Gasteiger charge is -2.12. The third kappa shape index (κ3) is 2.95. The van der Waals surface area contributed by atoms with Gasteiger partial charge in [0.15, 0.2) is 0 Å². The maximum atomic E-state index is 12.2. The molecule has 0 aliphatic heterocycles. The maximum Gasteiger partial charge on any atom is 0.254 e. The van der Waals surface area contributed by atoms with Crippen LogP contribution < -0.4 is 10.2 Å². The number of hydrogen-bond acceptors (Lipinski definition) is 3. The number of hydrogen-bond donors (Lipinski definition) is 2. The first-order chi connectivity index (χ1) is 11.6. The van der Waals surface area contributed by atoms with Crippen molar-refractivity contribution in [2.75, 3.05) is 25.5 Å². The molecule has 5 heteroatoms. The Kier molecular flexibility index (Phi) is 4.21. The van der Waals surface area contributed by atoms with Gasteiger partial charge in [-0.05, 0) is 23.8 Å². The molecular formula is C19H18N4O. The van der Waals surface area contributed by atoms with Crippen molar-refractivity contribution < 1.29 is 4.79 Å². The van der Waals surface area contributed by atoms with Gasteiger partial charge in [-0.1, -0.05) is 18.1 Å². The highest BCUT2D eigenvalue weighted by atomic mass is 16.1. The number of nitrogens with zero attached hydrogens (tertiary/aromatic N) is 2.